The van der Waals surface area contributed by atoms with Crippen LogP contribution in [0.1, 0.15) is 12.7 Å². The summed E-state index contributed by atoms with van der Waals surface area (Å²) in [5.41, 5.74) is 0. The number of H-pyrrole nitrogens is 1. The summed E-state index contributed by atoms with van der Waals surface area (Å²) in [6, 6.07) is 4.20. The van der Waals surface area contributed by atoms with E-state index in [2.05, 4.69) is 20.5 Å². The van der Waals surface area contributed by atoms with E-state index < -0.39 is 15.9 Å². The third-order valence-corrected chi connectivity index (χ3v) is 6.45. The quantitative estimate of drug-likeness (QED) is 0.420. The SMILES string of the molecule is CCOc1ccc(S(=O)(=O)N(C)CC(=O)NCCSc2n[nH]c(C)n2)cc1Cl. The van der Waals surface area contributed by atoms with Gasteiger partial charge in [0.15, 0.2) is 0 Å². The summed E-state index contributed by atoms with van der Waals surface area (Å²) in [7, 11) is -2.52. The monoisotopic (exact) mass is 447 g/mol. The summed E-state index contributed by atoms with van der Waals surface area (Å²) >= 11 is 7.44. The number of nitrogens with one attached hydrogen (secondary N) is 2. The van der Waals surface area contributed by atoms with Gasteiger partial charge < -0.3 is 10.1 Å². The molecule has 9 nitrogen and oxygen atoms in total. The second-order valence-corrected chi connectivity index (χ2v) is 9.20. The molecule has 0 saturated heterocycles. The Labute approximate surface area is 173 Å². The van der Waals surface area contributed by atoms with Gasteiger partial charge in [0.25, 0.3) is 0 Å². The predicted octanol–water partition coefficient (Wildman–Crippen LogP) is 1.69. The van der Waals surface area contributed by atoms with Crippen molar-refractivity contribution in [2.24, 2.45) is 0 Å². The van der Waals surface area contributed by atoms with Crippen LogP contribution in [0, 0.1) is 6.92 Å². The zero-order valence-corrected chi connectivity index (χ0v) is 18.1. The van der Waals surface area contributed by atoms with Crippen LogP contribution in [0.3, 0.4) is 0 Å². The molecule has 2 rings (SSSR count). The van der Waals surface area contributed by atoms with E-state index in [1.165, 1.54) is 37.0 Å². The number of carbonyl (C=O) groups is 1. The van der Waals surface area contributed by atoms with E-state index in [0.29, 0.717) is 35.6 Å². The van der Waals surface area contributed by atoms with Crippen molar-refractivity contribution in [2.75, 3.05) is 32.5 Å². The third kappa shape index (κ3) is 6.09. The topological polar surface area (TPSA) is 117 Å². The van der Waals surface area contributed by atoms with Crippen LogP contribution in [0.25, 0.3) is 0 Å². The number of aryl methyl sites for hydroxylation is 1. The lowest BCUT2D eigenvalue weighted by Crippen LogP contribution is -2.39. The molecule has 12 heteroatoms. The minimum atomic E-state index is -3.86. The molecule has 28 heavy (non-hydrogen) atoms. The number of rotatable bonds is 10. The lowest BCUT2D eigenvalue weighted by molar-refractivity contribution is -0.121. The Morgan fingerprint density at radius 2 is 2.18 bits per heavy atom. The van der Waals surface area contributed by atoms with E-state index in [1.807, 2.05) is 0 Å². The summed E-state index contributed by atoms with van der Waals surface area (Å²) < 4.78 is 31.5. The van der Waals surface area contributed by atoms with Gasteiger partial charge >= 0.3 is 0 Å². The number of halogens is 1. The number of benzene rings is 1. The van der Waals surface area contributed by atoms with Crippen LogP contribution in [0.5, 0.6) is 5.75 Å². The fraction of sp³-hybridized carbons (Fsp3) is 0.438. The summed E-state index contributed by atoms with van der Waals surface area (Å²) in [6.45, 7) is 4.07. The third-order valence-electron chi connectivity index (χ3n) is 3.51. The largest absolute Gasteiger partial charge is 0.492 e. The summed E-state index contributed by atoms with van der Waals surface area (Å²) in [5, 5.41) is 10.2. The van der Waals surface area contributed by atoms with Crippen LogP contribution in [-0.4, -0.2) is 66.3 Å². The highest BCUT2D eigenvalue weighted by atomic mass is 35.5. The highest BCUT2D eigenvalue weighted by Crippen LogP contribution is 2.28. The number of amides is 1. The molecule has 0 saturated carbocycles. The Kier molecular flexibility index (Phi) is 8.10. The molecule has 0 aliphatic rings. The van der Waals surface area contributed by atoms with Crippen LogP contribution >= 0.6 is 23.4 Å². The number of hydrogen-bond donors (Lipinski definition) is 2. The molecule has 0 aliphatic carbocycles. The molecule has 2 N–H and O–H groups in total. The van der Waals surface area contributed by atoms with Crippen molar-refractivity contribution in [3.05, 3.63) is 29.0 Å². The molecule has 0 fully saturated rings. The van der Waals surface area contributed by atoms with Gasteiger partial charge in [-0.1, -0.05) is 23.4 Å². The standard InChI is InChI=1S/C16H22ClN5O4S2/c1-4-26-14-6-5-12(9-13(14)17)28(24,25)22(3)10-15(23)18-7-8-27-16-19-11(2)20-21-16/h5-6,9H,4,7-8,10H2,1-3H3,(H,18,23)(H,19,20,21). The van der Waals surface area contributed by atoms with Crippen LogP contribution in [0.2, 0.25) is 5.02 Å². The molecule has 2 aromatic rings. The highest BCUT2D eigenvalue weighted by molar-refractivity contribution is 7.99. The molecule has 1 heterocycles. The first-order valence-corrected chi connectivity index (χ1v) is 11.2. The molecular weight excluding hydrogens is 426 g/mol. The first-order chi connectivity index (χ1) is 13.2. The lowest BCUT2D eigenvalue weighted by atomic mass is 10.3. The van der Waals surface area contributed by atoms with Crippen LogP contribution in [0.15, 0.2) is 28.3 Å². The zero-order valence-electron chi connectivity index (χ0n) is 15.7. The molecule has 1 aromatic heterocycles. The smallest absolute Gasteiger partial charge is 0.243 e. The van der Waals surface area contributed by atoms with E-state index in [9.17, 15) is 13.2 Å². The molecule has 154 valence electrons. The molecule has 0 spiro atoms. The Morgan fingerprint density at radius 3 is 2.79 bits per heavy atom. The van der Waals surface area contributed by atoms with Gasteiger partial charge in [0.2, 0.25) is 21.1 Å². The molecule has 0 radical (unpaired) electrons. The molecule has 0 unspecified atom stereocenters. The number of sulfonamides is 1. The fourth-order valence-electron chi connectivity index (χ4n) is 2.16. The number of thioether (sulfide) groups is 1. The van der Waals surface area contributed by atoms with Crippen LogP contribution in [0.4, 0.5) is 0 Å². The maximum absolute atomic E-state index is 12.6. The van der Waals surface area contributed by atoms with Gasteiger partial charge in [-0.2, -0.15) is 4.31 Å². The average Bonchev–Trinajstić information content (AvgIpc) is 3.05. The van der Waals surface area contributed by atoms with Crippen molar-refractivity contribution >= 4 is 39.3 Å². The van der Waals surface area contributed by atoms with Crippen LogP contribution < -0.4 is 10.1 Å². The first kappa shape index (κ1) is 22.5. The minimum Gasteiger partial charge on any atom is -0.492 e. The van der Waals surface area contributed by atoms with Gasteiger partial charge in [-0.25, -0.2) is 13.4 Å². The number of aromatic nitrogens is 3. The molecular formula is C16H22ClN5O4S2. The van der Waals surface area contributed by atoms with Gasteiger partial charge in [0.1, 0.15) is 11.6 Å². The van der Waals surface area contributed by atoms with E-state index in [0.717, 1.165) is 4.31 Å². The van der Waals surface area contributed by atoms with E-state index in [4.69, 9.17) is 16.3 Å². The highest BCUT2D eigenvalue weighted by Gasteiger charge is 2.24. The predicted molar refractivity (Wildman–Crippen MR) is 107 cm³/mol. The number of ether oxygens (including phenoxy) is 1. The minimum absolute atomic E-state index is 0.00761. The van der Waals surface area contributed by atoms with Crippen molar-refractivity contribution in [3.8, 4) is 5.75 Å². The van der Waals surface area contributed by atoms with E-state index >= 15 is 0 Å². The van der Waals surface area contributed by atoms with Gasteiger partial charge in [0.05, 0.1) is 23.1 Å². The molecule has 1 amide bonds. The second-order valence-electron chi connectivity index (χ2n) is 5.69. The van der Waals surface area contributed by atoms with Gasteiger partial charge in [0, 0.05) is 19.3 Å². The molecule has 0 bridgehead atoms. The van der Waals surface area contributed by atoms with Crippen molar-refractivity contribution in [1.82, 2.24) is 24.8 Å². The Morgan fingerprint density at radius 1 is 1.43 bits per heavy atom. The number of carbonyl (C=O) groups excluding carboxylic acids is 1. The van der Waals surface area contributed by atoms with Gasteiger partial charge in [-0.05, 0) is 32.0 Å². The number of likely N-dealkylation sites (N-methyl/N-ethyl adjacent to an activating group) is 1. The van der Waals surface area contributed by atoms with Crippen molar-refractivity contribution in [2.45, 2.75) is 23.9 Å². The Balaban J connectivity index is 1.86. The first-order valence-electron chi connectivity index (χ1n) is 8.41. The second kappa shape index (κ2) is 10.1. The van der Waals surface area contributed by atoms with Crippen molar-refractivity contribution in [1.29, 1.82) is 0 Å². The zero-order chi connectivity index (χ0) is 20.7. The maximum Gasteiger partial charge on any atom is 0.243 e. The lowest BCUT2D eigenvalue weighted by Gasteiger charge is -2.17. The fourth-order valence-corrected chi connectivity index (χ4v) is 4.31. The van der Waals surface area contributed by atoms with Crippen LogP contribution in [-0.2, 0) is 14.8 Å². The Hall–Kier alpha value is -1.82. The average molecular weight is 448 g/mol. The van der Waals surface area contributed by atoms with Gasteiger partial charge in [-0.3, -0.25) is 9.89 Å². The molecule has 0 aliphatic heterocycles. The van der Waals surface area contributed by atoms with Gasteiger partial charge in [-0.15, -0.1) is 5.10 Å². The number of hydrogen-bond acceptors (Lipinski definition) is 7. The summed E-state index contributed by atoms with van der Waals surface area (Å²) in [5.74, 6) is 1.28. The number of nitrogens with zero attached hydrogens (tertiary/aromatic N) is 3. The molecule has 0 atom stereocenters. The van der Waals surface area contributed by atoms with Crippen molar-refractivity contribution in [3.63, 3.8) is 0 Å². The van der Waals surface area contributed by atoms with Crippen molar-refractivity contribution < 1.29 is 17.9 Å². The summed E-state index contributed by atoms with van der Waals surface area (Å²) in [6.07, 6.45) is 0. The Bertz CT molecular complexity index is 920. The number of aromatic amines is 1. The molecule has 1 aromatic carbocycles. The maximum atomic E-state index is 12.6. The van der Waals surface area contributed by atoms with E-state index in [-0.39, 0.29) is 16.5 Å². The normalized spacial score (nSPS) is 11.6. The summed E-state index contributed by atoms with van der Waals surface area (Å²) in [4.78, 5) is 16.2. The van der Waals surface area contributed by atoms with E-state index in [1.54, 1.807) is 13.8 Å².